The molecule has 1 aromatic heterocycles. The Morgan fingerprint density at radius 2 is 2.17 bits per heavy atom. The van der Waals surface area contributed by atoms with Crippen LogP contribution in [0.1, 0.15) is 44.2 Å². The highest BCUT2D eigenvalue weighted by atomic mass is 32.2. The molecule has 1 atom stereocenters. The Balaban J connectivity index is 1.67. The van der Waals surface area contributed by atoms with Gasteiger partial charge in [0.25, 0.3) is 0 Å². The molecule has 1 aliphatic heterocycles. The van der Waals surface area contributed by atoms with Crippen molar-refractivity contribution in [2.45, 2.75) is 63.3 Å². The average molecular weight is 265 g/mol. The number of aromatic nitrogens is 2. The number of thioether (sulfide) groups is 1. The molecule has 0 bridgehead atoms. The van der Waals surface area contributed by atoms with Gasteiger partial charge in [0.2, 0.25) is 5.95 Å². The highest BCUT2D eigenvalue weighted by Gasteiger charge is 2.20. The number of rotatable bonds is 4. The molecule has 1 N–H and O–H groups in total. The predicted molar refractivity (Wildman–Crippen MR) is 78.3 cm³/mol. The van der Waals surface area contributed by atoms with Gasteiger partial charge in [-0.1, -0.05) is 12.8 Å². The lowest BCUT2D eigenvalue weighted by Crippen LogP contribution is -2.20. The highest BCUT2D eigenvalue weighted by molar-refractivity contribution is 8.00. The van der Waals surface area contributed by atoms with E-state index in [-0.39, 0.29) is 0 Å². The average Bonchev–Trinajstić information content (AvgIpc) is 3.03. The molecular weight excluding hydrogens is 242 g/mol. The van der Waals surface area contributed by atoms with Crippen LogP contribution in [-0.4, -0.2) is 26.6 Å². The molecular formula is C14H23N3S. The first-order valence-electron chi connectivity index (χ1n) is 7.23. The number of nitrogens with one attached hydrogen (secondary N) is 1. The molecule has 18 heavy (non-hydrogen) atoms. The first kappa shape index (κ1) is 12.4. The molecule has 1 aliphatic carbocycles. The van der Waals surface area contributed by atoms with Crippen molar-refractivity contribution in [2.24, 2.45) is 0 Å². The van der Waals surface area contributed by atoms with Gasteiger partial charge in [0.1, 0.15) is 0 Å². The third-order valence-corrected chi connectivity index (χ3v) is 5.39. The van der Waals surface area contributed by atoms with E-state index in [4.69, 9.17) is 0 Å². The Bertz CT molecular complexity index is 354. The second-order valence-electron chi connectivity index (χ2n) is 5.62. The Hall–Kier alpha value is -0.640. The van der Waals surface area contributed by atoms with Crippen LogP contribution in [0.2, 0.25) is 0 Å². The van der Waals surface area contributed by atoms with Crippen molar-refractivity contribution in [1.82, 2.24) is 9.55 Å². The zero-order valence-corrected chi connectivity index (χ0v) is 12.0. The van der Waals surface area contributed by atoms with E-state index in [0.29, 0.717) is 6.04 Å². The first-order valence-corrected chi connectivity index (χ1v) is 8.28. The largest absolute Gasteiger partial charge is 0.353 e. The summed E-state index contributed by atoms with van der Waals surface area (Å²) in [6, 6.07) is 0.654. The predicted octanol–water partition coefficient (Wildman–Crippen LogP) is 3.44. The maximum absolute atomic E-state index is 4.66. The molecule has 0 amide bonds. The minimum absolute atomic E-state index is 0.654. The number of aryl methyl sites for hydroxylation is 1. The molecule has 1 aromatic rings. The van der Waals surface area contributed by atoms with Gasteiger partial charge >= 0.3 is 0 Å². The van der Waals surface area contributed by atoms with Crippen molar-refractivity contribution in [2.75, 3.05) is 11.1 Å². The van der Waals surface area contributed by atoms with Crippen LogP contribution < -0.4 is 5.32 Å². The minimum atomic E-state index is 0.654. The van der Waals surface area contributed by atoms with Crippen molar-refractivity contribution >= 4 is 17.7 Å². The molecule has 2 fully saturated rings. The molecule has 100 valence electrons. The summed E-state index contributed by atoms with van der Waals surface area (Å²) in [6.07, 6.45) is 10.3. The van der Waals surface area contributed by atoms with Gasteiger partial charge in [-0.05, 0) is 38.4 Å². The lowest BCUT2D eigenvalue weighted by atomic mass is 10.2. The van der Waals surface area contributed by atoms with E-state index in [1.54, 1.807) is 0 Å². The van der Waals surface area contributed by atoms with Crippen LogP contribution in [0.25, 0.3) is 0 Å². The fraction of sp³-hybridized carbons (Fsp3) is 0.786. The monoisotopic (exact) mass is 265 g/mol. The maximum Gasteiger partial charge on any atom is 0.203 e. The van der Waals surface area contributed by atoms with Crippen LogP contribution in [0.3, 0.4) is 0 Å². The van der Waals surface area contributed by atoms with Crippen molar-refractivity contribution in [3.63, 3.8) is 0 Å². The van der Waals surface area contributed by atoms with E-state index >= 15 is 0 Å². The molecule has 1 saturated carbocycles. The number of imidazole rings is 1. The number of hydrogen-bond acceptors (Lipinski definition) is 3. The topological polar surface area (TPSA) is 29.9 Å². The van der Waals surface area contributed by atoms with Crippen LogP contribution in [-0.2, 0) is 6.54 Å². The summed E-state index contributed by atoms with van der Waals surface area (Å²) in [4.78, 5) is 4.66. The normalized spacial score (nSPS) is 24.8. The van der Waals surface area contributed by atoms with Crippen LogP contribution in [0, 0.1) is 6.92 Å². The summed E-state index contributed by atoms with van der Waals surface area (Å²) < 4.78 is 2.34. The maximum atomic E-state index is 4.66. The van der Waals surface area contributed by atoms with Crippen molar-refractivity contribution in [3.05, 3.63) is 11.9 Å². The van der Waals surface area contributed by atoms with Gasteiger partial charge < -0.3 is 9.88 Å². The van der Waals surface area contributed by atoms with Gasteiger partial charge in [-0.15, -0.1) is 0 Å². The Morgan fingerprint density at radius 1 is 1.33 bits per heavy atom. The van der Waals surface area contributed by atoms with Gasteiger partial charge in [-0.2, -0.15) is 11.8 Å². The summed E-state index contributed by atoms with van der Waals surface area (Å²) in [5.74, 6) is 2.44. The van der Waals surface area contributed by atoms with Crippen LogP contribution in [0.5, 0.6) is 0 Å². The van der Waals surface area contributed by atoms with E-state index in [9.17, 15) is 0 Å². The Morgan fingerprint density at radius 3 is 2.89 bits per heavy atom. The molecule has 4 heteroatoms. The second-order valence-corrected chi connectivity index (χ2v) is 7.03. The molecule has 2 heterocycles. The smallest absolute Gasteiger partial charge is 0.203 e. The molecule has 3 rings (SSSR count). The molecule has 3 nitrogen and oxygen atoms in total. The molecule has 0 spiro atoms. The summed E-state index contributed by atoms with van der Waals surface area (Å²) in [5.41, 5.74) is 1.14. The van der Waals surface area contributed by atoms with E-state index < -0.39 is 0 Å². The summed E-state index contributed by atoms with van der Waals surface area (Å²) in [6.45, 7) is 3.22. The zero-order chi connectivity index (χ0) is 12.4. The zero-order valence-electron chi connectivity index (χ0n) is 11.2. The lowest BCUT2D eigenvalue weighted by Gasteiger charge is -2.16. The molecule has 1 unspecified atom stereocenters. The van der Waals surface area contributed by atoms with E-state index in [0.717, 1.165) is 23.4 Å². The molecule has 0 aromatic carbocycles. The fourth-order valence-electron chi connectivity index (χ4n) is 3.06. The van der Waals surface area contributed by atoms with E-state index in [2.05, 4.69) is 39.8 Å². The van der Waals surface area contributed by atoms with Crippen LogP contribution >= 0.6 is 11.8 Å². The SMILES string of the molecule is Cc1cn(CC2CCCS2)c(NC2CCCC2)n1. The Kier molecular flexibility index (Phi) is 3.83. The number of nitrogens with zero attached hydrogens (tertiary/aromatic N) is 2. The quantitative estimate of drug-likeness (QED) is 0.904. The van der Waals surface area contributed by atoms with Crippen molar-refractivity contribution in [1.29, 1.82) is 0 Å². The van der Waals surface area contributed by atoms with Crippen LogP contribution in [0.15, 0.2) is 6.20 Å². The fourth-order valence-corrected chi connectivity index (χ4v) is 4.33. The summed E-state index contributed by atoms with van der Waals surface area (Å²) in [5, 5.41) is 4.44. The van der Waals surface area contributed by atoms with E-state index in [1.165, 1.54) is 44.3 Å². The lowest BCUT2D eigenvalue weighted by molar-refractivity contribution is 0.631. The third kappa shape index (κ3) is 2.85. The number of anilines is 1. The summed E-state index contributed by atoms with van der Waals surface area (Å²) >= 11 is 2.12. The third-order valence-electron chi connectivity index (χ3n) is 4.01. The highest BCUT2D eigenvalue weighted by Crippen LogP contribution is 2.29. The van der Waals surface area contributed by atoms with Gasteiger partial charge in [0.15, 0.2) is 0 Å². The van der Waals surface area contributed by atoms with Crippen molar-refractivity contribution in [3.8, 4) is 0 Å². The molecule has 1 saturated heterocycles. The Labute approximate surface area is 114 Å². The van der Waals surface area contributed by atoms with E-state index in [1.807, 2.05) is 0 Å². The van der Waals surface area contributed by atoms with Gasteiger partial charge in [-0.25, -0.2) is 4.98 Å². The standard InChI is InChI=1S/C14H23N3S/c1-11-9-17(10-13-7-4-8-18-13)14(15-11)16-12-5-2-3-6-12/h9,12-13H,2-8,10H2,1H3,(H,15,16). The summed E-state index contributed by atoms with van der Waals surface area (Å²) in [7, 11) is 0. The van der Waals surface area contributed by atoms with Gasteiger partial charge in [0, 0.05) is 24.0 Å². The number of hydrogen-bond donors (Lipinski definition) is 1. The van der Waals surface area contributed by atoms with Gasteiger partial charge in [-0.3, -0.25) is 0 Å². The minimum Gasteiger partial charge on any atom is -0.353 e. The van der Waals surface area contributed by atoms with Crippen molar-refractivity contribution < 1.29 is 0 Å². The molecule has 0 radical (unpaired) electrons. The first-order chi connectivity index (χ1) is 8.81. The molecule has 2 aliphatic rings. The van der Waals surface area contributed by atoms with Gasteiger partial charge in [0.05, 0.1) is 5.69 Å². The van der Waals surface area contributed by atoms with Crippen LogP contribution in [0.4, 0.5) is 5.95 Å². The second kappa shape index (κ2) is 5.55.